The van der Waals surface area contributed by atoms with Crippen LogP contribution in [0, 0.1) is 10.1 Å². The molecule has 0 spiro atoms. The zero-order valence-electron chi connectivity index (χ0n) is 16.5. The Balaban J connectivity index is 1.83. The summed E-state index contributed by atoms with van der Waals surface area (Å²) in [5.74, 6) is -1.62. The van der Waals surface area contributed by atoms with E-state index in [0.29, 0.717) is 23.5 Å². The molecule has 16 heteroatoms. The Morgan fingerprint density at radius 1 is 0.676 bits per heavy atom. The maximum Gasteiger partial charge on any atom is 0.335 e. The first-order chi connectivity index (χ1) is 15.8. The van der Waals surface area contributed by atoms with Gasteiger partial charge in [0.1, 0.15) is 9.79 Å². The van der Waals surface area contributed by atoms with E-state index in [9.17, 15) is 39.8 Å². The van der Waals surface area contributed by atoms with Gasteiger partial charge in [0.2, 0.25) is 0 Å². The molecule has 3 aromatic rings. The van der Waals surface area contributed by atoms with E-state index in [1.165, 1.54) is 48.5 Å². The quantitative estimate of drug-likeness (QED) is 0.189. The van der Waals surface area contributed by atoms with Gasteiger partial charge in [-0.2, -0.15) is 37.3 Å². The number of nitro groups is 1. The minimum Gasteiger partial charge on any atom is -0.505 e. The Bertz CT molecular complexity index is 1470. The zero-order valence-corrected chi connectivity index (χ0v) is 18.1. The summed E-state index contributed by atoms with van der Waals surface area (Å²) in [5, 5.41) is 35.4. The molecule has 1 N–H and O–H groups in total. The minimum atomic E-state index is -5.60. The Labute approximate surface area is 190 Å². The predicted molar refractivity (Wildman–Crippen MR) is 113 cm³/mol. The highest BCUT2D eigenvalue weighted by atomic mass is 32.3. The molecule has 0 aliphatic rings. The minimum absolute atomic E-state index is 0.102. The molecule has 34 heavy (non-hydrogen) atoms. The van der Waals surface area contributed by atoms with Crippen molar-refractivity contribution in [1.29, 1.82) is 0 Å². The molecule has 0 bridgehead atoms. The van der Waals surface area contributed by atoms with Crippen molar-refractivity contribution >= 4 is 48.9 Å². The third-order valence-electron chi connectivity index (χ3n) is 4.02. The van der Waals surface area contributed by atoms with Crippen LogP contribution in [0.4, 0.5) is 36.2 Å². The van der Waals surface area contributed by atoms with Crippen molar-refractivity contribution in [3.05, 3.63) is 70.8 Å². The van der Waals surface area contributed by atoms with E-state index in [2.05, 4.69) is 20.5 Å². The number of aromatic hydroxyl groups is 1. The molecule has 0 aromatic heterocycles. The highest BCUT2D eigenvalue weighted by Crippen LogP contribution is 2.37. The number of benzene rings is 3. The van der Waals surface area contributed by atoms with E-state index in [0.717, 1.165) is 0 Å². The van der Waals surface area contributed by atoms with Crippen LogP contribution >= 0.6 is 0 Å². The second-order valence-electron chi connectivity index (χ2n) is 6.36. The van der Waals surface area contributed by atoms with Crippen molar-refractivity contribution in [3.8, 4) is 5.75 Å². The molecule has 0 radical (unpaired) electrons. The third-order valence-corrected chi connectivity index (χ3v) is 5.70. The summed E-state index contributed by atoms with van der Waals surface area (Å²) >= 11 is 0. The highest BCUT2D eigenvalue weighted by molar-refractivity contribution is 7.87. The maximum atomic E-state index is 13.4. The fraction of sp³-hybridized carbons (Fsp3) is 0. The molecule has 3 aromatic carbocycles. The van der Waals surface area contributed by atoms with E-state index in [1.807, 2.05) is 0 Å². The van der Waals surface area contributed by atoms with Crippen LogP contribution < -0.4 is 0 Å². The van der Waals surface area contributed by atoms with E-state index in [-0.39, 0.29) is 11.4 Å². The maximum absolute atomic E-state index is 13.4. The highest BCUT2D eigenvalue weighted by Gasteiger charge is 2.28. The van der Waals surface area contributed by atoms with E-state index < -0.39 is 46.6 Å². The lowest BCUT2D eigenvalue weighted by atomic mass is 10.3. The Morgan fingerprint density at radius 2 is 1.00 bits per heavy atom. The van der Waals surface area contributed by atoms with Gasteiger partial charge >= 0.3 is 20.4 Å². The van der Waals surface area contributed by atoms with Gasteiger partial charge in [0.05, 0.1) is 27.7 Å². The summed E-state index contributed by atoms with van der Waals surface area (Å²) < 4.78 is 71.3. The number of hydrogen-bond acceptors (Lipinski definition) is 11. The molecule has 176 valence electrons. The molecule has 0 saturated carbocycles. The van der Waals surface area contributed by atoms with Crippen molar-refractivity contribution in [1.82, 2.24) is 0 Å². The fourth-order valence-corrected chi connectivity index (χ4v) is 3.73. The SMILES string of the molecule is O=[N+]([O-])c1ccc(N=Nc2ccc(N=Nc3cc(S(=O)(=O)F)c(O)c(S(=O)(=O)F)c3)cc2)cc1. The Morgan fingerprint density at radius 3 is 1.32 bits per heavy atom. The number of rotatable bonds is 7. The number of halogens is 2. The number of hydrogen-bond donors (Lipinski definition) is 1. The van der Waals surface area contributed by atoms with Gasteiger partial charge in [0.15, 0.2) is 5.75 Å². The normalized spacial score (nSPS) is 12.4. The van der Waals surface area contributed by atoms with E-state index >= 15 is 0 Å². The van der Waals surface area contributed by atoms with Crippen LogP contribution in [0.15, 0.2) is 90.9 Å². The molecule has 0 aliphatic carbocycles. The molecule has 0 fully saturated rings. The van der Waals surface area contributed by atoms with Crippen LogP contribution in [0.25, 0.3) is 0 Å². The number of phenols is 1. The number of phenolic OH excluding ortho intramolecular Hbond substituents is 1. The van der Waals surface area contributed by atoms with Crippen molar-refractivity contribution < 1.29 is 34.6 Å². The second-order valence-corrected chi connectivity index (χ2v) is 8.99. The van der Waals surface area contributed by atoms with Crippen molar-refractivity contribution in [3.63, 3.8) is 0 Å². The lowest BCUT2D eigenvalue weighted by Gasteiger charge is -2.05. The molecule has 0 heterocycles. The Hall–Kier alpha value is -4.18. The number of nitro benzene ring substituents is 1. The second kappa shape index (κ2) is 9.36. The van der Waals surface area contributed by atoms with Gasteiger partial charge in [-0.25, -0.2) is 0 Å². The summed E-state index contributed by atoms with van der Waals surface area (Å²) in [6.07, 6.45) is 0. The molecule has 0 saturated heterocycles. The smallest absolute Gasteiger partial charge is 0.335 e. The standard InChI is InChI=1S/C18H11F2N5O7S2/c19-33(29,30)16-9-14(10-17(18(16)26)34(20,31)32)24-23-12-3-1-11(2-4-12)21-22-13-5-7-15(8-6-13)25(27)28/h1-10,26H. The molecule has 0 amide bonds. The molecular weight excluding hydrogens is 500 g/mol. The molecule has 12 nitrogen and oxygen atoms in total. The lowest BCUT2D eigenvalue weighted by Crippen LogP contribution is -1.99. The van der Waals surface area contributed by atoms with Crippen LogP contribution in [0.3, 0.4) is 0 Å². The van der Waals surface area contributed by atoms with E-state index in [4.69, 9.17) is 0 Å². The van der Waals surface area contributed by atoms with Crippen molar-refractivity contribution in [2.45, 2.75) is 9.79 Å². The van der Waals surface area contributed by atoms with Crippen LogP contribution in [0.5, 0.6) is 5.75 Å². The summed E-state index contributed by atoms with van der Waals surface area (Å²) in [5.41, 5.74) is 0.219. The lowest BCUT2D eigenvalue weighted by molar-refractivity contribution is -0.384. The van der Waals surface area contributed by atoms with Crippen LogP contribution in [0.2, 0.25) is 0 Å². The monoisotopic (exact) mass is 511 g/mol. The third kappa shape index (κ3) is 5.99. The summed E-state index contributed by atoms with van der Waals surface area (Å²) in [4.78, 5) is 7.12. The van der Waals surface area contributed by atoms with Gasteiger partial charge < -0.3 is 5.11 Å². The topological polar surface area (TPSA) is 181 Å². The fourth-order valence-electron chi connectivity index (χ4n) is 2.46. The first kappa shape index (κ1) is 24.5. The summed E-state index contributed by atoms with van der Waals surface area (Å²) in [6, 6.07) is 12.0. The van der Waals surface area contributed by atoms with Crippen molar-refractivity contribution in [2.24, 2.45) is 20.5 Å². The molecular formula is C18H11F2N5O7S2. The van der Waals surface area contributed by atoms with Crippen LogP contribution in [-0.2, 0) is 20.4 Å². The predicted octanol–water partition coefficient (Wildman–Crippen LogP) is 5.45. The molecule has 0 atom stereocenters. The first-order valence-electron chi connectivity index (χ1n) is 8.79. The number of azo groups is 2. The van der Waals surface area contributed by atoms with Gasteiger partial charge in [-0.15, -0.1) is 7.77 Å². The van der Waals surface area contributed by atoms with Gasteiger partial charge in [0, 0.05) is 12.1 Å². The molecule has 0 unspecified atom stereocenters. The zero-order chi connectivity index (χ0) is 25.1. The van der Waals surface area contributed by atoms with Gasteiger partial charge in [-0.3, -0.25) is 10.1 Å². The van der Waals surface area contributed by atoms with E-state index in [1.54, 1.807) is 0 Å². The largest absolute Gasteiger partial charge is 0.505 e. The molecule has 3 rings (SSSR count). The van der Waals surface area contributed by atoms with Gasteiger partial charge in [-0.05, 0) is 48.5 Å². The van der Waals surface area contributed by atoms with Crippen LogP contribution in [0.1, 0.15) is 0 Å². The average Bonchev–Trinajstić information content (AvgIpc) is 2.76. The Kier molecular flexibility index (Phi) is 6.73. The average molecular weight is 511 g/mol. The number of non-ortho nitro benzene ring substituents is 1. The summed E-state index contributed by atoms with van der Waals surface area (Å²) in [6.45, 7) is 0. The van der Waals surface area contributed by atoms with Gasteiger partial charge in [0.25, 0.3) is 5.69 Å². The van der Waals surface area contributed by atoms with Crippen LogP contribution in [-0.4, -0.2) is 26.9 Å². The number of nitrogens with zero attached hydrogens (tertiary/aromatic N) is 5. The first-order valence-corrected chi connectivity index (χ1v) is 11.6. The molecule has 0 aliphatic heterocycles. The van der Waals surface area contributed by atoms with Gasteiger partial charge in [-0.1, -0.05) is 0 Å². The van der Waals surface area contributed by atoms with Crippen molar-refractivity contribution in [2.75, 3.05) is 0 Å². The summed E-state index contributed by atoms with van der Waals surface area (Å²) in [7, 11) is -11.2.